The second-order valence-electron chi connectivity index (χ2n) is 11.6. The summed E-state index contributed by atoms with van der Waals surface area (Å²) in [6, 6.07) is 11.3. The number of nitrogens with one attached hydrogen (secondary N) is 2. The van der Waals surface area contributed by atoms with Crippen LogP contribution in [-0.2, 0) is 10.2 Å². The maximum atomic E-state index is 13.1. The number of hydrogen-bond acceptors (Lipinski definition) is 3. The Balaban J connectivity index is 1.27. The predicted octanol–water partition coefficient (Wildman–Crippen LogP) is 5.64. The highest BCUT2D eigenvalue weighted by atomic mass is 16.2. The van der Waals surface area contributed by atoms with E-state index in [4.69, 9.17) is 0 Å². The number of rotatable bonds is 7. The monoisotopic (exact) mass is 459 g/mol. The Hall–Kier alpha value is -2.69. The van der Waals surface area contributed by atoms with Gasteiger partial charge in [-0.05, 0) is 110 Å². The van der Waals surface area contributed by atoms with Crippen molar-refractivity contribution in [2.75, 3.05) is 5.32 Å². The van der Waals surface area contributed by atoms with Gasteiger partial charge in [-0.15, -0.1) is 0 Å². The summed E-state index contributed by atoms with van der Waals surface area (Å²) in [6.07, 6.45) is 10.5. The van der Waals surface area contributed by atoms with Crippen molar-refractivity contribution in [1.29, 1.82) is 0 Å². The molecule has 2 aromatic rings. The molecule has 4 bridgehead atoms. The van der Waals surface area contributed by atoms with Crippen molar-refractivity contribution in [3.63, 3.8) is 0 Å². The fraction of sp³-hybridized carbons (Fsp3) is 0.552. The molecule has 1 aromatic heterocycles. The molecular weight excluding hydrogens is 422 g/mol. The molecule has 180 valence electrons. The van der Waals surface area contributed by atoms with Crippen molar-refractivity contribution in [1.82, 2.24) is 10.3 Å². The molecule has 1 atom stereocenters. The summed E-state index contributed by atoms with van der Waals surface area (Å²) in [4.78, 5) is 30.3. The molecule has 0 spiro atoms. The Morgan fingerprint density at radius 3 is 2.12 bits per heavy atom. The third kappa shape index (κ3) is 4.75. The number of carbonyl (C=O) groups excluding carboxylic acids is 2. The lowest BCUT2D eigenvalue weighted by Crippen LogP contribution is -2.48. The Bertz CT molecular complexity index is 1010. The molecule has 1 aromatic carbocycles. The lowest BCUT2D eigenvalue weighted by molar-refractivity contribution is -0.118. The van der Waals surface area contributed by atoms with E-state index < -0.39 is 6.04 Å². The molecule has 0 saturated heterocycles. The lowest BCUT2D eigenvalue weighted by atomic mass is 9.48. The van der Waals surface area contributed by atoms with E-state index in [2.05, 4.69) is 41.6 Å². The van der Waals surface area contributed by atoms with Crippen LogP contribution in [0.4, 0.5) is 5.82 Å². The molecule has 1 heterocycles. The minimum Gasteiger partial charge on any atom is -0.340 e. The fourth-order valence-corrected chi connectivity index (χ4v) is 7.14. The summed E-state index contributed by atoms with van der Waals surface area (Å²) in [6.45, 7) is 6.06. The molecule has 2 N–H and O–H groups in total. The van der Waals surface area contributed by atoms with Crippen LogP contribution in [0.3, 0.4) is 0 Å². The zero-order valence-corrected chi connectivity index (χ0v) is 20.6. The zero-order valence-electron chi connectivity index (χ0n) is 20.6. The number of aromatic nitrogens is 1. The predicted molar refractivity (Wildman–Crippen MR) is 135 cm³/mol. The van der Waals surface area contributed by atoms with Gasteiger partial charge in [0.25, 0.3) is 5.91 Å². The van der Waals surface area contributed by atoms with Crippen LogP contribution in [0.25, 0.3) is 0 Å². The van der Waals surface area contributed by atoms with E-state index in [-0.39, 0.29) is 17.7 Å². The van der Waals surface area contributed by atoms with Gasteiger partial charge < -0.3 is 10.6 Å². The highest BCUT2D eigenvalue weighted by molar-refractivity contribution is 6.00. The molecule has 6 rings (SSSR count). The first-order valence-corrected chi connectivity index (χ1v) is 12.9. The normalized spacial score (nSPS) is 28.1. The first kappa shape index (κ1) is 23.1. The van der Waals surface area contributed by atoms with E-state index >= 15 is 0 Å². The maximum Gasteiger partial charge on any atom is 0.251 e. The summed E-state index contributed by atoms with van der Waals surface area (Å²) in [5.41, 5.74) is 3.38. The smallest absolute Gasteiger partial charge is 0.251 e. The van der Waals surface area contributed by atoms with Gasteiger partial charge in [-0.3, -0.25) is 9.59 Å². The molecule has 2 amide bonds. The average Bonchev–Trinajstić information content (AvgIpc) is 2.79. The largest absolute Gasteiger partial charge is 0.340 e. The molecule has 4 aliphatic rings. The summed E-state index contributed by atoms with van der Waals surface area (Å²) in [5, 5.41) is 5.82. The van der Waals surface area contributed by atoms with Crippen LogP contribution in [0.1, 0.15) is 80.3 Å². The molecule has 34 heavy (non-hydrogen) atoms. The van der Waals surface area contributed by atoms with E-state index in [1.54, 1.807) is 12.3 Å². The van der Waals surface area contributed by atoms with Gasteiger partial charge in [-0.1, -0.05) is 32.0 Å². The van der Waals surface area contributed by atoms with Crippen LogP contribution in [0.5, 0.6) is 0 Å². The zero-order chi connectivity index (χ0) is 23.9. The second kappa shape index (κ2) is 9.16. The summed E-state index contributed by atoms with van der Waals surface area (Å²) < 4.78 is 0. The van der Waals surface area contributed by atoms with E-state index in [9.17, 15) is 9.59 Å². The van der Waals surface area contributed by atoms with E-state index in [1.807, 2.05) is 25.1 Å². The van der Waals surface area contributed by atoms with Gasteiger partial charge in [0.2, 0.25) is 5.91 Å². The molecular formula is C29H37N3O2. The minimum atomic E-state index is -0.613. The quantitative estimate of drug-likeness (QED) is 0.563. The number of aryl methyl sites for hydroxylation is 1. The first-order valence-electron chi connectivity index (χ1n) is 12.9. The van der Waals surface area contributed by atoms with Crippen LogP contribution in [0.2, 0.25) is 0 Å². The SMILES string of the molecule is Cc1ccc(NC(=O)[C@H](CC(C)C)NC(=O)c2ccc(C34CC5CC(CC(C5)C3)C4)cc2)nc1. The first-order chi connectivity index (χ1) is 16.3. The molecule has 4 fully saturated rings. The number of pyridine rings is 1. The highest BCUT2D eigenvalue weighted by Gasteiger charge is 2.51. The topological polar surface area (TPSA) is 71.1 Å². The molecule has 0 radical (unpaired) electrons. The number of benzene rings is 1. The average molecular weight is 460 g/mol. The third-order valence-electron chi connectivity index (χ3n) is 8.29. The van der Waals surface area contributed by atoms with Gasteiger partial charge in [0.1, 0.15) is 11.9 Å². The maximum absolute atomic E-state index is 13.1. The number of nitrogens with zero attached hydrogens (tertiary/aromatic N) is 1. The van der Waals surface area contributed by atoms with Gasteiger partial charge in [-0.25, -0.2) is 4.98 Å². The van der Waals surface area contributed by atoms with Crippen molar-refractivity contribution in [3.8, 4) is 0 Å². The summed E-state index contributed by atoms with van der Waals surface area (Å²) in [7, 11) is 0. The number of carbonyl (C=O) groups is 2. The Morgan fingerprint density at radius 1 is 0.971 bits per heavy atom. The molecule has 4 saturated carbocycles. The third-order valence-corrected chi connectivity index (χ3v) is 8.29. The van der Waals surface area contributed by atoms with E-state index in [0.717, 1.165) is 23.3 Å². The lowest BCUT2D eigenvalue weighted by Gasteiger charge is -2.57. The van der Waals surface area contributed by atoms with Crippen LogP contribution < -0.4 is 10.6 Å². The van der Waals surface area contributed by atoms with Gasteiger partial charge in [0.05, 0.1) is 0 Å². The number of hydrogen-bond donors (Lipinski definition) is 2. The van der Waals surface area contributed by atoms with Gasteiger partial charge >= 0.3 is 0 Å². The van der Waals surface area contributed by atoms with Crippen molar-refractivity contribution < 1.29 is 9.59 Å². The van der Waals surface area contributed by atoms with Gasteiger partial charge in [0, 0.05) is 11.8 Å². The minimum absolute atomic E-state index is 0.199. The molecule has 4 aliphatic carbocycles. The fourth-order valence-electron chi connectivity index (χ4n) is 7.14. The van der Waals surface area contributed by atoms with Crippen molar-refractivity contribution in [2.24, 2.45) is 23.7 Å². The van der Waals surface area contributed by atoms with Gasteiger partial charge in [-0.2, -0.15) is 0 Å². The van der Waals surface area contributed by atoms with E-state index in [1.165, 1.54) is 44.1 Å². The number of amides is 2. The van der Waals surface area contributed by atoms with Crippen molar-refractivity contribution in [3.05, 3.63) is 59.3 Å². The molecule has 0 aliphatic heterocycles. The van der Waals surface area contributed by atoms with E-state index in [0.29, 0.717) is 23.2 Å². The summed E-state index contributed by atoms with van der Waals surface area (Å²) >= 11 is 0. The molecule has 5 nitrogen and oxygen atoms in total. The van der Waals surface area contributed by atoms with Crippen LogP contribution in [0, 0.1) is 30.6 Å². The van der Waals surface area contributed by atoms with Crippen LogP contribution >= 0.6 is 0 Å². The van der Waals surface area contributed by atoms with Gasteiger partial charge in [0.15, 0.2) is 0 Å². The highest BCUT2D eigenvalue weighted by Crippen LogP contribution is 2.60. The Kier molecular flexibility index (Phi) is 6.22. The Morgan fingerprint density at radius 2 is 1.59 bits per heavy atom. The standard InChI is InChI=1S/C29H37N3O2/c1-18(2)10-25(28(34)32-26-9-4-19(3)17-30-26)31-27(33)23-5-7-24(8-6-23)29-14-20-11-21(15-29)13-22(12-20)16-29/h4-9,17-18,20-22,25H,10-16H2,1-3H3,(H,31,33)(H,30,32,34)/t20?,21?,22?,25-,29?/m0/s1. The van der Waals surface area contributed by atoms with Crippen molar-refractivity contribution >= 4 is 17.6 Å². The van der Waals surface area contributed by atoms with Crippen LogP contribution in [0.15, 0.2) is 42.6 Å². The Labute approximate surface area is 203 Å². The number of anilines is 1. The second-order valence-corrected chi connectivity index (χ2v) is 11.6. The van der Waals surface area contributed by atoms with Crippen LogP contribution in [-0.4, -0.2) is 22.8 Å². The molecule has 0 unspecified atom stereocenters. The molecule has 5 heteroatoms. The van der Waals surface area contributed by atoms with Crippen molar-refractivity contribution in [2.45, 2.75) is 77.2 Å². The summed E-state index contributed by atoms with van der Waals surface area (Å²) in [5.74, 6) is 3.02.